The number of para-hydroxylation sites is 1. The Morgan fingerprint density at radius 2 is 2.14 bits per heavy atom. The highest BCUT2D eigenvalue weighted by atomic mass is 79.9. The number of carbonyl (C=O) groups excluding carboxylic acids is 1. The molecule has 0 radical (unpaired) electrons. The smallest absolute Gasteiger partial charge is 0.275 e. The molecule has 1 amide bonds. The van der Waals surface area contributed by atoms with Crippen molar-refractivity contribution in [3.63, 3.8) is 0 Å². The Bertz CT molecular complexity index is 702. The number of benzene rings is 2. The SMILES string of the molecule is CCOc1ccc(Br)cc1C(=O)N/N=C\c1ccccc1O. The van der Waals surface area contributed by atoms with E-state index < -0.39 is 5.91 Å². The van der Waals surface area contributed by atoms with E-state index in [4.69, 9.17) is 4.74 Å². The summed E-state index contributed by atoms with van der Waals surface area (Å²) in [5, 5.41) is 13.5. The number of halogens is 1. The van der Waals surface area contributed by atoms with E-state index in [-0.39, 0.29) is 5.75 Å². The molecule has 0 saturated heterocycles. The molecule has 2 rings (SSSR count). The number of amides is 1. The minimum absolute atomic E-state index is 0.0953. The van der Waals surface area contributed by atoms with Gasteiger partial charge in [0.15, 0.2) is 0 Å². The van der Waals surface area contributed by atoms with Crippen LogP contribution in [0.4, 0.5) is 0 Å². The second-order valence-corrected chi connectivity index (χ2v) is 5.25. The first kappa shape index (κ1) is 16.0. The lowest BCUT2D eigenvalue weighted by molar-refractivity contribution is 0.0951. The van der Waals surface area contributed by atoms with Gasteiger partial charge >= 0.3 is 0 Å². The first-order valence-corrected chi connectivity index (χ1v) is 7.45. The van der Waals surface area contributed by atoms with Crippen LogP contribution in [0.5, 0.6) is 11.5 Å². The summed E-state index contributed by atoms with van der Waals surface area (Å²) in [5.41, 5.74) is 3.32. The Morgan fingerprint density at radius 3 is 2.86 bits per heavy atom. The van der Waals surface area contributed by atoms with E-state index in [0.29, 0.717) is 23.5 Å². The van der Waals surface area contributed by atoms with Crippen LogP contribution < -0.4 is 10.2 Å². The highest BCUT2D eigenvalue weighted by Gasteiger charge is 2.12. The molecular formula is C16H15BrN2O3. The van der Waals surface area contributed by atoms with E-state index in [1.165, 1.54) is 6.21 Å². The van der Waals surface area contributed by atoms with E-state index in [1.54, 1.807) is 42.5 Å². The van der Waals surface area contributed by atoms with Crippen LogP contribution >= 0.6 is 15.9 Å². The molecular weight excluding hydrogens is 348 g/mol. The number of rotatable bonds is 5. The van der Waals surface area contributed by atoms with E-state index in [9.17, 15) is 9.90 Å². The minimum atomic E-state index is -0.392. The van der Waals surface area contributed by atoms with Gasteiger partial charge < -0.3 is 9.84 Å². The molecule has 0 unspecified atom stereocenters. The fourth-order valence-electron chi connectivity index (χ4n) is 1.78. The zero-order chi connectivity index (χ0) is 15.9. The van der Waals surface area contributed by atoms with Gasteiger partial charge in [0.25, 0.3) is 5.91 Å². The highest BCUT2D eigenvalue weighted by Crippen LogP contribution is 2.23. The quantitative estimate of drug-likeness (QED) is 0.633. The molecule has 0 fully saturated rings. The number of nitrogens with zero attached hydrogens (tertiary/aromatic N) is 1. The zero-order valence-corrected chi connectivity index (χ0v) is 13.5. The van der Waals surface area contributed by atoms with Gasteiger partial charge in [-0.15, -0.1) is 0 Å². The summed E-state index contributed by atoms with van der Waals surface area (Å²) < 4.78 is 6.19. The molecule has 114 valence electrons. The van der Waals surface area contributed by atoms with Crippen LogP contribution in [-0.4, -0.2) is 23.8 Å². The zero-order valence-electron chi connectivity index (χ0n) is 11.9. The van der Waals surface area contributed by atoms with Crippen LogP contribution in [0.3, 0.4) is 0 Å². The van der Waals surface area contributed by atoms with Crippen molar-refractivity contribution in [2.75, 3.05) is 6.61 Å². The topological polar surface area (TPSA) is 70.9 Å². The van der Waals surface area contributed by atoms with Gasteiger partial charge in [-0.25, -0.2) is 5.43 Å². The number of phenols is 1. The number of phenolic OH excluding ortho intramolecular Hbond substituents is 1. The van der Waals surface area contributed by atoms with Gasteiger partial charge in [0, 0.05) is 10.0 Å². The van der Waals surface area contributed by atoms with Crippen LogP contribution in [0, 0.1) is 0 Å². The van der Waals surface area contributed by atoms with Gasteiger partial charge in [-0.05, 0) is 37.3 Å². The molecule has 0 aliphatic heterocycles. The molecule has 0 atom stereocenters. The van der Waals surface area contributed by atoms with Crippen molar-refractivity contribution in [3.05, 3.63) is 58.1 Å². The maximum Gasteiger partial charge on any atom is 0.275 e. The first-order chi connectivity index (χ1) is 10.6. The van der Waals surface area contributed by atoms with Gasteiger partial charge in [0.1, 0.15) is 11.5 Å². The summed E-state index contributed by atoms with van der Waals surface area (Å²) in [7, 11) is 0. The molecule has 2 aromatic carbocycles. The third-order valence-electron chi connectivity index (χ3n) is 2.79. The largest absolute Gasteiger partial charge is 0.507 e. The molecule has 2 N–H and O–H groups in total. The number of hydrogen-bond donors (Lipinski definition) is 2. The number of nitrogens with one attached hydrogen (secondary N) is 1. The van der Waals surface area contributed by atoms with Crippen LogP contribution in [0.1, 0.15) is 22.8 Å². The molecule has 0 spiro atoms. The normalized spacial score (nSPS) is 10.6. The van der Waals surface area contributed by atoms with Crippen molar-refractivity contribution >= 4 is 28.1 Å². The lowest BCUT2D eigenvalue weighted by atomic mass is 10.2. The summed E-state index contributed by atoms with van der Waals surface area (Å²) in [4.78, 5) is 12.2. The van der Waals surface area contributed by atoms with Crippen molar-refractivity contribution in [3.8, 4) is 11.5 Å². The Hall–Kier alpha value is -2.34. The second kappa shape index (κ2) is 7.61. The van der Waals surface area contributed by atoms with Crippen molar-refractivity contribution in [1.82, 2.24) is 5.43 Å². The molecule has 2 aromatic rings. The molecule has 6 heteroatoms. The number of ether oxygens (including phenoxy) is 1. The standard InChI is InChI=1S/C16H15BrN2O3/c1-2-22-15-8-7-12(17)9-13(15)16(21)19-18-10-11-5-3-4-6-14(11)20/h3-10,20H,2H2,1H3,(H,19,21)/b18-10-. The Labute approximate surface area is 136 Å². The van der Waals surface area contributed by atoms with E-state index in [2.05, 4.69) is 26.5 Å². The Kier molecular flexibility index (Phi) is 5.55. The van der Waals surface area contributed by atoms with Gasteiger partial charge in [0.2, 0.25) is 0 Å². The van der Waals surface area contributed by atoms with Gasteiger partial charge in [-0.3, -0.25) is 4.79 Å². The fourth-order valence-corrected chi connectivity index (χ4v) is 2.14. The molecule has 0 aromatic heterocycles. The summed E-state index contributed by atoms with van der Waals surface area (Å²) in [5.74, 6) is 0.190. The number of aromatic hydroxyl groups is 1. The van der Waals surface area contributed by atoms with Crippen molar-refractivity contribution in [2.45, 2.75) is 6.92 Å². The maximum atomic E-state index is 12.2. The Morgan fingerprint density at radius 1 is 1.36 bits per heavy atom. The minimum Gasteiger partial charge on any atom is -0.507 e. The van der Waals surface area contributed by atoms with Crippen LogP contribution in [-0.2, 0) is 0 Å². The predicted octanol–water partition coefficient (Wildman–Crippen LogP) is 3.32. The summed E-state index contributed by atoms with van der Waals surface area (Å²) in [6, 6.07) is 11.9. The van der Waals surface area contributed by atoms with E-state index in [1.807, 2.05) is 6.92 Å². The number of carbonyl (C=O) groups is 1. The molecule has 0 aliphatic carbocycles. The second-order valence-electron chi connectivity index (χ2n) is 4.33. The highest BCUT2D eigenvalue weighted by molar-refractivity contribution is 9.10. The third-order valence-corrected chi connectivity index (χ3v) is 3.29. The molecule has 0 bridgehead atoms. The van der Waals surface area contributed by atoms with Crippen molar-refractivity contribution < 1.29 is 14.6 Å². The van der Waals surface area contributed by atoms with E-state index >= 15 is 0 Å². The van der Waals surface area contributed by atoms with Crippen molar-refractivity contribution in [2.24, 2.45) is 5.10 Å². The number of hydrogen-bond acceptors (Lipinski definition) is 4. The maximum absolute atomic E-state index is 12.2. The summed E-state index contributed by atoms with van der Waals surface area (Å²) in [6.45, 7) is 2.31. The van der Waals surface area contributed by atoms with Crippen LogP contribution in [0.15, 0.2) is 52.0 Å². The van der Waals surface area contributed by atoms with Crippen LogP contribution in [0.2, 0.25) is 0 Å². The monoisotopic (exact) mass is 362 g/mol. The van der Waals surface area contributed by atoms with Gasteiger partial charge in [-0.1, -0.05) is 28.1 Å². The van der Waals surface area contributed by atoms with Gasteiger partial charge in [-0.2, -0.15) is 5.10 Å². The predicted molar refractivity (Wildman–Crippen MR) is 88.5 cm³/mol. The Balaban J connectivity index is 2.12. The average Bonchev–Trinajstić information content (AvgIpc) is 2.51. The fraction of sp³-hybridized carbons (Fsp3) is 0.125. The summed E-state index contributed by atoms with van der Waals surface area (Å²) >= 11 is 3.32. The summed E-state index contributed by atoms with van der Waals surface area (Å²) in [6.07, 6.45) is 1.38. The average molecular weight is 363 g/mol. The molecule has 0 saturated carbocycles. The molecule has 0 aliphatic rings. The molecule has 5 nitrogen and oxygen atoms in total. The number of hydrazone groups is 1. The van der Waals surface area contributed by atoms with Crippen LogP contribution in [0.25, 0.3) is 0 Å². The lowest BCUT2D eigenvalue weighted by Crippen LogP contribution is -2.18. The van der Waals surface area contributed by atoms with E-state index in [0.717, 1.165) is 4.47 Å². The molecule has 22 heavy (non-hydrogen) atoms. The molecule has 0 heterocycles. The lowest BCUT2D eigenvalue weighted by Gasteiger charge is -2.09. The van der Waals surface area contributed by atoms with Crippen molar-refractivity contribution in [1.29, 1.82) is 0 Å². The van der Waals surface area contributed by atoms with Gasteiger partial charge in [0.05, 0.1) is 18.4 Å². The third kappa shape index (κ3) is 4.08. The first-order valence-electron chi connectivity index (χ1n) is 6.65.